The lowest BCUT2D eigenvalue weighted by molar-refractivity contribution is -0.137. The summed E-state index contributed by atoms with van der Waals surface area (Å²) in [7, 11) is 0. The van der Waals surface area contributed by atoms with Gasteiger partial charge in [0.2, 0.25) is 0 Å². The number of nitrogens with one attached hydrogen (secondary N) is 1. The lowest BCUT2D eigenvalue weighted by Gasteiger charge is -2.24. The number of aryl methyl sites for hydroxylation is 2. The number of urea groups is 1. The highest BCUT2D eigenvalue weighted by Gasteiger charge is 2.34. The van der Waals surface area contributed by atoms with E-state index in [9.17, 15) is 18.0 Å². The third kappa shape index (κ3) is 5.59. The van der Waals surface area contributed by atoms with Crippen LogP contribution in [0.4, 0.5) is 23.8 Å². The van der Waals surface area contributed by atoms with Gasteiger partial charge in [0.1, 0.15) is 0 Å². The van der Waals surface area contributed by atoms with Crippen molar-refractivity contribution < 1.29 is 18.0 Å². The predicted octanol–water partition coefficient (Wildman–Crippen LogP) is 6.03. The van der Waals surface area contributed by atoms with E-state index in [-0.39, 0.29) is 16.9 Å². The summed E-state index contributed by atoms with van der Waals surface area (Å²) in [4.78, 5) is 23.1. The number of alkyl halides is 3. The van der Waals surface area contributed by atoms with Gasteiger partial charge in [0, 0.05) is 16.3 Å². The van der Waals surface area contributed by atoms with Crippen LogP contribution in [0, 0.1) is 13.8 Å². The molecule has 3 aromatic rings. The van der Waals surface area contributed by atoms with Crippen molar-refractivity contribution in [2.45, 2.75) is 31.0 Å². The van der Waals surface area contributed by atoms with Crippen LogP contribution in [0.25, 0.3) is 18.0 Å². The van der Waals surface area contributed by atoms with Crippen molar-refractivity contribution in [2.24, 2.45) is 15.2 Å². The maximum absolute atomic E-state index is 13.0. The van der Waals surface area contributed by atoms with Gasteiger partial charge in [0.25, 0.3) is 0 Å². The summed E-state index contributed by atoms with van der Waals surface area (Å²) in [6.45, 7) is 3.94. The first-order chi connectivity index (χ1) is 18.6. The molecule has 5 rings (SSSR count). The van der Waals surface area contributed by atoms with Crippen molar-refractivity contribution in [3.63, 3.8) is 0 Å². The Morgan fingerprint density at radius 2 is 1.95 bits per heavy atom. The molecule has 1 N–H and O–H groups in total. The molecular weight excluding hydrogens is 549 g/mol. The normalized spacial score (nSPS) is 16.7. The van der Waals surface area contributed by atoms with E-state index < -0.39 is 17.8 Å². The van der Waals surface area contributed by atoms with Gasteiger partial charge in [-0.1, -0.05) is 59.2 Å². The molecule has 198 valence electrons. The van der Waals surface area contributed by atoms with Crippen LogP contribution in [-0.4, -0.2) is 23.4 Å². The SMILES string of the molecule is Cc1cccc(C)c1SNC(=O)/N=N\C=c1/ccc2c(c1)C=CC1C=2N=CN1c1ncc(C(F)(F)F)cc1Cl. The molecule has 2 aromatic carbocycles. The number of halogens is 4. The molecule has 1 unspecified atom stereocenters. The largest absolute Gasteiger partial charge is 0.417 e. The highest BCUT2D eigenvalue weighted by atomic mass is 35.5. The number of rotatable bonds is 4. The van der Waals surface area contributed by atoms with E-state index in [0.29, 0.717) is 5.70 Å². The Hall–Kier alpha value is -3.96. The molecule has 0 saturated carbocycles. The van der Waals surface area contributed by atoms with Crippen LogP contribution in [0.5, 0.6) is 0 Å². The number of azo groups is 1. The molecule has 0 spiro atoms. The van der Waals surface area contributed by atoms with Crippen LogP contribution in [0.3, 0.4) is 0 Å². The summed E-state index contributed by atoms with van der Waals surface area (Å²) in [6.07, 6.45) is 2.95. The molecule has 2 aliphatic rings. The first kappa shape index (κ1) is 26.6. The Labute approximate surface area is 230 Å². The van der Waals surface area contributed by atoms with E-state index in [1.807, 2.05) is 62.4 Å². The van der Waals surface area contributed by atoms with Gasteiger partial charge in [-0.05, 0) is 59.8 Å². The predicted molar refractivity (Wildman–Crippen MR) is 147 cm³/mol. The monoisotopic (exact) mass is 568 g/mol. The van der Waals surface area contributed by atoms with Crippen LogP contribution < -0.4 is 20.1 Å². The minimum absolute atomic E-state index is 0.122. The molecule has 0 fully saturated rings. The molecule has 0 bridgehead atoms. The number of hydrogen-bond acceptors (Lipinski definition) is 6. The average Bonchev–Trinajstić information content (AvgIpc) is 3.32. The number of aromatic nitrogens is 1. The molecule has 39 heavy (non-hydrogen) atoms. The zero-order chi connectivity index (χ0) is 27.7. The second-order valence-electron chi connectivity index (χ2n) is 8.79. The number of carbonyl (C=O) groups is 1. The van der Waals surface area contributed by atoms with E-state index >= 15 is 0 Å². The Morgan fingerprint density at radius 3 is 2.67 bits per heavy atom. The molecule has 12 heteroatoms. The fourth-order valence-electron chi connectivity index (χ4n) is 4.23. The number of hydrogen-bond donors (Lipinski definition) is 1. The van der Waals surface area contributed by atoms with Gasteiger partial charge in [-0.25, -0.2) is 14.8 Å². The molecule has 0 saturated heterocycles. The summed E-state index contributed by atoms with van der Waals surface area (Å²) in [5.74, 6) is 0.181. The molecular formula is C27H20ClF3N6OS. The minimum Gasteiger partial charge on any atom is -0.303 e. The van der Waals surface area contributed by atoms with Crippen molar-refractivity contribution in [1.82, 2.24) is 9.71 Å². The van der Waals surface area contributed by atoms with Crippen molar-refractivity contribution in [2.75, 3.05) is 4.90 Å². The van der Waals surface area contributed by atoms with Gasteiger partial charge >= 0.3 is 12.2 Å². The zero-order valence-electron chi connectivity index (χ0n) is 20.6. The van der Waals surface area contributed by atoms with Crippen molar-refractivity contribution in [3.05, 3.63) is 92.5 Å². The fraction of sp³-hybridized carbons (Fsp3) is 0.148. The van der Waals surface area contributed by atoms with E-state index in [0.717, 1.165) is 44.3 Å². The van der Waals surface area contributed by atoms with E-state index in [4.69, 9.17) is 11.6 Å². The first-order valence-electron chi connectivity index (χ1n) is 11.6. The second kappa shape index (κ2) is 10.7. The summed E-state index contributed by atoms with van der Waals surface area (Å²) in [5, 5.41) is 9.04. The molecule has 2 heterocycles. The van der Waals surface area contributed by atoms with Crippen LogP contribution in [0.15, 0.2) is 74.9 Å². The van der Waals surface area contributed by atoms with Gasteiger partial charge in [-0.2, -0.15) is 18.3 Å². The standard InChI is InChI=1S/C27H20ClF3N6OS/c1-15-4-3-5-16(2)24(15)39-36-26(38)35-34-12-17-6-8-20-18(10-17)7-9-22-23(20)33-14-37(22)25-21(28)11-19(13-32-25)27(29,30)31/h3-14,22H,1-2H3,(H,36,38)/b17-12+,35-34-. The smallest absolute Gasteiger partial charge is 0.303 e. The minimum atomic E-state index is -4.54. The molecule has 1 atom stereocenters. The van der Waals surface area contributed by atoms with Crippen LogP contribution in [-0.2, 0) is 6.18 Å². The third-order valence-electron chi connectivity index (χ3n) is 6.11. The highest BCUT2D eigenvalue weighted by molar-refractivity contribution is 7.98. The van der Waals surface area contributed by atoms with Gasteiger partial charge in [-0.3, -0.25) is 4.72 Å². The van der Waals surface area contributed by atoms with Crippen molar-refractivity contribution in [1.29, 1.82) is 0 Å². The second-order valence-corrected chi connectivity index (χ2v) is 10.0. The number of amides is 2. The van der Waals surface area contributed by atoms with Crippen molar-refractivity contribution >= 4 is 59.7 Å². The zero-order valence-corrected chi connectivity index (χ0v) is 22.1. The fourth-order valence-corrected chi connectivity index (χ4v) is 5.18. The summed E-state index contributed by atoms with van der Waals surface area (Å²) >= 11 is 7.35. The van der Waals surface area contributed by atoms with Gasteiger partial charge in [0.05, 0.1) is 34.9 Å². The van der Waals surface area contributed by atoms with Crippen molar-refractivity contribution in [3.8, 4) is 0 Å². The van der Waals surface area contributed by atoms with Gasteiger partial charge in [-0.15, -0.1) is 0 Å². The van der Waals surface area contributed by atoms with E-state index in [1.54, 1.807) is 4.90 Å². The Kier molecular flexibility index (Phi) is 7.28. The number of nitrogens with zero attached hydrogens (tertiary/aromatic N) is 5. The summed E-state index contributed by atoms with van der Waals surface area (Å²) in [5.41, 5.74) is 2.77. The topological polar surface area (TPSA) is 82.3 Å². The lowest BCUT2D eigenvalue weighted by atomic mass is 9.99. The van der Waals surface area contributed by atoms with Crippen LogP contribution >= 0.6 is 23.5 Å². The Morgan fingerprint density at radius 1 is 1.18 bits per heavy atom. The lowest BCUT2D eigenvalue weighted by Crippen LogP contribution is -2.33. The first-order valence-corrected chi connectivity index (χ1v) is 12.8. The molecule has 7 nitrogen and oxygen atoms in total. The molecule has 2 amide bonds. The maximum atomic E-state index is 13.0. The Bertz CT molecular complexity index is 1670. The molecule has 1 aliphatic carbocycles. The van der Waals surface area contributed by atoms with Gasteiger partial charge in [0.15, 0.2) is 5.82 Å². The number of pyridine rings is 1. The third-order valence-corrected chi connectivity index (χ3v) is 7.51. The molecule has 1 aromatic heterocycles. The number of carbonyl (C=O) groups excluding carboxylic acids is 1. The highest BCUT2D eigenvalue weighted by Crippen LogP contribution is 2.36. The van der Waals surface area contributed by atoms with E-state index in [2.05, 4.69) is 24.9 Å². The summed E-state index contributed by atoms with van der Waals surface area (Å²) in [6, 6.07) is 11.4. The van der Waals surface area contributed by atoms with Crippen LogP contribution in [0.1, 0.15) is 22.3 Å². The Balaban J connectivity index is 1.31. The number of aliphatic imine (C=N–C) groups is 1. The molecule has 1 aliphatic heterocycles. The average molecular weight is 569 g/mol. The number of fused-ring (bicyclic) bond motifs is 2. The quantitative estimate of drug-likeness (QED) is 0.308. The number of benzene rings is 2. The van der Waals surface area contributed by atoms with E-state index in [1.165, 1.54) is 24.5 Å². The van der Waals surface area contributed by atoms with Crippen LogP contribution in [0.2, 0.25) is 5.02 Å². The van der Waals surface area contributed by atoms with Gasteiger partial charge < -0.3 is 4.90 Å². The number of anilines is 1. The molecule has 0 radical (unpaired) electrons. The maximum Gasteiger partial charge on any atom is 0.417 e. The summed E-state index contributed by atoms with van der Waals surface area (Å²) < 4.78 is 41.7.